The molecule has 124 valence electrons. The molecule has 0 unspecified atom stereocenters. The first-order valence-electron chi connectivity index (χ1n) is 6.90. The molecule has 0 saturated carbocycles. The smallest absolute Gasteiger partial charge is 0.161 e. The summed E-state index contributed by atoms with van der Waals surface area (Å²) in [5.74, 6) is 1.61. The summed E-state index contributed by atoms with van der Waals surface area (Å²) in [6, 6.07) is 10.1. The fraction of sp³-hybridized carbons (Fsp3) is 0.118. The van der Waals surface area contributed by atoms with Gasteiger partial charge in [-0.2, -0.15) is 0 Å². The molecular formula is C17H13Cl2NO4. The lowest BCUT2D eigenvalue weighted by atomic mass is 10.1. The second kappa shape index (κ2) is 6.63. The topological polar surface area (TPSA) is 64.2 Å². The number of nitrogens with zero attached hydrogens (tertiary/aromatic N) is 1. The maximum Gasteiger partial charge on any atom is 0.161 e. The Kier molecular flexibility index (Phi) is 4.55. The zero-order valence-corrected chi connectivity index (χ0v) is 14.4. The zero-order chi connectivity index (χ0) is 17.3. The van der Waals surface area contributed by atoms with Gasteiger partial charge in [0.25, 0.3) is 0 Å². The third kappa shape index (κ3) is 2.88. The number of hydrogen-bond acceptors (Lipinski definition) is 5. The molecule has 5 nitrogen and oxygen atoms in total. The lowest BCUT2D eigenvalue weighted by Crippen LogP contribution is -2.03. The van der Waals surface area contributed by atoms with Gasteiger partial charge in [-0.3, -0.25) is 0 Å². The Bertz CT molecular complexity index is 982. The molecule has 3 aromatic rings. The molecule has 1 heterocycles. The van der Waals surface area contributed by atoms with E-state index in [1.165, 1.54) is 0 Å². The number of halogens is 2. The van der Waals surface area contributed by atoms with Gasteiger partial charge in [0, 0.05) is 22.0 Å². The van der Waals surface area contributed by atoms with Crippen LogP contribution in [0.4, 0.5) is 0 Å². The highest BCUT2D eigenvalue weighted by Gasteiger charge is 2.13. The highest BCUT2D eigenvalue weighted by Crippen LogP contribution is 2.34. The molecule has 0 radical (unpaired) electrons. The Morgan fingerprint density at radius 2 is 1.75 bits per heavy atom. The largest absolute Gasteiger partial charge is 0.493 e. The molecule has 24 heavy (non-hydrogen) atoms. The molecule has 0 fully saturated rings. The Balaban J connectivity index is 2.28. The van der Waals surface area contributed by atoms with E-state index >= 15 is 0 Å². The quantitative estimate of drug-likeness (QED) is 0.538. The van der Waals surface area contributed by atoms with E-state index in [1.54, 1.807) is 50.6 Å². The van der Waals surface area contributed by atoms with Crippen LogP contribution < -0.4 is 14.8 Å². The van der Waals surface area contributed by atoms with Gasteiger partial charge >= 0.3 is 0 Å². The molecule has 3 rings (SSSR count). The first-order valence-corrected chi connectivity index (χ1v) is 7.66. The predicted molar refractivity (Wildman–Crippen MR) is 92.1 cm³/mol. The van der Waals surface area contributed by atoms with E-state index in [1.807, 2.05) is 0 Å². The summed E-state index contributed by atoms with van der Waals surface area (Å²) in [7, 11) is 3.11. The van der Waals surface area contributed by atoms with Gasteiger partial charge in [-0.05, 0) is 30.3 Å². The molecule has 0 aliphatic rings. The highest BCUT2D eigenvalue weighted by atomic mass is 35.5. The summed E-state index contributed by atoms with van der Waals surface area (Å²) in [5.41, 5.74) is 1.09. The summed E-state index contributed by atoms with van der Waals surface area (Å²) in [6.45, 7) is 0. The van der Waals surface area contributed by atoms with E-state index in [-0.39, 0.29) is 0 Å². The van der Waals surface area contributed by atoms with E-state index in [0.29, 0.717) is 49.2 Å². The van der Waals surface area contributed by atoms with Crippen molar-refractivity contribution in [1.29, 1.82) is 0 Å². The highest BCUT2D eigenvalue weighted by molar-refractivity contribution is 6.38. The van der Waals surface area contributed by atoms with Crippen LogP contribution in [0.15, 0.2) is 46.0 Å². The van der Waals surface area contributed by atoms with Crippen molar-refractivity contribution in [3.63, 3.8) is 0 Å². The van der Waals surface area contributed by atoms with E-state index in [2.05, 4.69) is 5.16 Å². The number of rotatable bonds is 3. The van der Waals surface area contributed by atoms with Gasteiger partial charge in [0.2, 0.25) is 0 Å². The lowest BCUT2D eigenvalue weighted by Gasteiger charge is -2.10. The number of benzene rings is 2. The monoisotopic (exact) mass is 365 g/mol. The molecule has 0 atom stereocenters. The second-order valence-electron chi connectivity index (χ2n) is 4.93. The van der Waals surface area contributed by atoms with Gasteiger partial charge in [0.15, 0.2) is 17.1 Å². The van der Waals surface area contributed by atoms with Crippen molar-refractivity contribution in [1.82, 2.24) is 0 Å². The van der Waals surface area contributed by atoms with Crippen LogP contribution in [0, 0.1) is 0 Å². The van der Waals surface area contributed by atoms with Crippen molar-refractivity contribution in [3.8, 4) is 22.8 Å². The van der Waals surface area contributed by atoms with Crippen molar-refractivity contribution < 1.29 is 19.1 Å². The Labute approximate surface area is 147 Å². The Hall–Kier alpha value is -2.37. The molecule has 7 heteroatoms. The fourth-order valence-corrected chi connectivity index (χ4v) is 2.94. The van der Waals surface area contributed by atoms with E-state index < -0.39 is 0 Å². The average molecular weight is 366 g/mol. The van der Waals surface area contributed by atoms with E-state index in [4.69, 9.17) is 37.1 Å². The minimum Gasteiger partial charge on any atom is -0.493 e. The van der Waals surface area contributed by atoms with Crippen LogP contribution in [-0.2, 0) is 0 Å². The van der Waals surface area contributed by atoms with E-state index in [9.17, 15) is 5.21 Å². The van der Waals surface area contributed by atoms with Crippen LogP contribution in [-0.4, -0.2) is 19.4 Å². The summed E-state index contributed by atoms with van der Waals surface area (Å²) in [4.78, 5) is 0. The summed E-state index contributed by atoms with van der Waals surface area (Å²) < 4.78 is 16.4. The first kappa shape index (κ1) is 16.5. The van der Waals surface area contributed by atoms with Crippen molar-refractivity contribution in [2.45, 2.75) is 0 Å². The van der Waals surface area contributed by atoms with Crippen LogP contribution in [0.5, 0.6) is 11.5 Å². The van der Waals surface area contributed by atoms with Gasteiger partial charge < -0.3 is 19.1 Å². The molecule has 1 N–H and O–H groups in total. The molecule has 2 aromatic carbocycles. The lowest BCUT2D eigenvalue weighted by molar-refractivity contribution is 0.302. The molecule has 0 spiro atoms. The van der Waals surface area contributed by atoms with Crippen LogP contribution in [0.2, 0.25) is 10.0 Å². The van der Waals surface area contributed by atoms with Crippen LogP contribution >= 0.6 is 23.2 Å². The van der Waals surface area contributed by atoms with Gasteiger partial charge in [0.1, 0.15) is 11.1 Å². The Morgan fingerprint density at radius 1 is 1.00 bits per heavy atom. The third-order valence-corrected chi connectivity index (χ3v) is 4.04. The molecule has 0 saturated heterocycles. The molecule has 0 aliphatic carbocycles. The van der Waals surface area contributed by atoms with Gasteiger partial charge in [-0.15, -0.1) is 0 Å². The van der Waals surface area contributed by atoms with Crippen molar-refractivity contribution in [3.05, 3.63) is 51.8 Å². The molecule has 1 aromatic heterocycles. The summed E-state index contributed by atoms with van der Waals surface area (Å²) >= 11 is 12.2. The number of hydrogen-bond donors (Lipinski definition) is 1. The average Bonchev–Trinajstić information content (AvgIpc) is 2.60. The van der Waals surface area contributed by atoms with Crippen LogP contribution in [0.25, 0.3) is 22.3 Å². The number of ether oxygens (including phenoxy) is 2. The van der Waals surface area contributed by atoms with Crippen molar-refractivity contribution in [2.24, 2.45) is 5.16 Å². The van der Waals surface area contributed by atoms with Gasteiger partial charge in [-0.25, -0.2) is 0 Å². The maximum atomic E-state index is 9.32. The second-order valence-corrected chi connectivity index (χ2v) is 5.77. The molecule has 0 amide bonds. The summed E-state index contributed by atoms with van der Waals surface area (Å²) in [5, 5.41) is 14.2. The van der Waals surface area contributed by atoms with Crippen LogP contribution in [0.1, 0.15) is 0 Å². The van der Waals surface area contributed by atoms with Gasteiger partial charge in [-0.1, -0.05) is 28.4 Å². The number of methoxy groups -OCH3 is 2. The fourth-order valence-electron chi connectivity index (χ4n) is 2.41. The Morgan fingerprint density at radius 3 is 2.42 bits per heavy atom. The van der Waals surface area contributed by atoms with Crippen molar-refractivity contribution in [2.75, 3.05) is 14.2 Å². The number of fused-ring (bicyclic) bond motifs is 1. The zero-order valence-electron chi connectivity index (χ0n) is 12.8. The molecular weight excluding hydrogens is 353 g/mol. The minimum atomic E-state index is 0.297. The predicted octanol–water partition coefficient (Wildman–Crippen LogP) is 4.71. The van der Waals surface area contributed by atoms with Crippen LogP contribution in [0.3, 0.4) is 0 Å². The minimum absolute atomic E-state index is 0.297. The SMILES string of the molecule is COc1ccc(-c2c/c(=N\O)c3cc(Cl)cc(Cl)c3o2)cc1OC. The summed E-state index contributed by atoms with van der Waals surface area (Å²) in [6.07, 6.45) is 0. The standard InChI is InChI=1S/C17H13Cl2NO4/c1-22-14-4-3-9(5-16(14)23-2)15-8-13(20-21)11-6-10(18)7-12(19)17(11)24-15/h3-8,21H,1-2H3/b20-13+. The van der Waals surface area contributed by atoms with Crippen molar-refractivity contribution >= 4 is 34.2 Å². The normalized spacial score (nSPS) is 11.8. The molecule has 0 bridgehead atoms. The molecule has 0 aliphatic heterocycles. The first-order chi connectivity index (χ1) is 11.6. The van der Waals surface area contributed by atoms with E-state index in [0.717, 1.165) is 0 Å². The van der Waals surface area contributed by atoms with Gasteiger partial charge in [0.05, 0.1) is 19.2 Å². The maximum absolute atomic E-state index is 9.32. The third-order valence-electron chi connectivity index (χ3n) is 3.54.